The van der Waals surface area contributed by atoms with Gasteiger partial charge in [-0.25, -0.2) is 4.39 Å². The number of nitrogens with one attached hydrogen (secondary N) is 1. The number of nitriles is 1. The van der Waals surface area contributed by atoms with E-state index in [1.54, 1.807) is 0 Å². The van der Waals surface area contributed by atoms with Gasteiger partial charge in [0, 0.05) is 6.54 Å². The van der Waals surface area contributed by atoms with Crippen LogP contribution in [0.2, 0.25) is 0 Å². The minimum atomic E-state index is -1.39. The summed E-state index contributed by atoms with van der Waals surface area (Å²) in [6.07, 6.45) is 1.15. The van der Waals surface area contributed by atoms with Crippen LogP contribution in [0.3, 0.4) is 0 Å². The largest absolute Gasteiger partial charge is 0.509 e. The summed E-state index contributed by atoms with van der Waals surface area (Å²) in [5, 5.41) is 59.1. The van der Waals surface area contributed by atoms with Crippen LogP contribution in [-0.2, 0) is 0 Å². The average Bonchev–Trinajstić information content (AvgIpc) is 2.59. The maximum absolute atomic E-state index is 13.4. The maximum Gasteiger partial charge on any atom is 0.194 e. The molecule has 9 heteroatoms. The Bertz CT molecular complexity index is 849. The number of benzene rings is 1. The number of nitrogens with zero attached hydrogens (tertiary/aromatic N) is 1. The highest BCUT2D eigenvalue weighted by molar-refractivity contribution is 7.80. The molecule has 0 aliphatic heterocycles. The number of aliphatic hydroxyl groups is 3. The van der Waals surface area contributed by atoms with Crippen LogP contribution in [0.5, 0.6) is 11.5 Å². The second kappa shape index (κ2) is 7.97. The summed E-state index contributed by atoms with van der Waals surface area (Å²) in [5.74, 6) is -3.01. The third-order valence-corrected chi connectivity index (χ3v) is 3.90. The van der Waals surface area contributed by atoms with Gasteiger partial charge in [-0.3, -0.25) is 0 Å². The molecular weight excluding hydrogens is 363 g/mol. The van der Waals surface area contributed by atoms with E-state index in [0.717, 1.165) is 12.1 Å². The lowest BCUT2D eigenvalue weighted by Crippen LogP contribution is -2.32. The van der Waals surface area contributed by atoms with Gasteiger partial charge < -0.3 is 30.8 Å². The van der Waals surface area contributed by atoms with Crippen molar-refractivity contribution in [3.8, 4) is 17.6 Å². The topological polar surface area (TPSA) is 137 Å². The van der Waals surface area contributed by atoms with Crippen molar-refractivity contribution < 1.29 is 29.9 Å². The van der Waals surface area contributed by atoms with Crippen LogP contribution in [0.15, 0.2) is 41.2 Å². The summed E-state index contributed by atoms with van der Waals surface area (Å²) >= 11 is 5.09. The number of phenols is 2. The minimum absolute atomic E-state index is 0.00914. The van der Waals surface area contributed by atoms with Crippen molar-refractivity contribution in [1.29, 1.82) is 5.26 Å². The van der Waals surface area contributed by atoms with E-state index in [2.05, 4.69) is 5.32 Å². The molecule has 136 valence electrons. The Labute approximate surface area is 153 Å². The first-order valence-electron chi connectivity index (χ1n) is 7.31. The number of hydrogen-bond acceptors (Lipinski definition) is 7. The molecule has 0 amide bonds. The summed E-state index contributed by atoms with van der Waals surface area (Å²) < 4.78 is 13.4. The SMILES string of the molecule is N#C/C(=C\c1cc(O)c(O)c(F)c1)C(=S)NCC1=CC(O)C(O)C(O)=C1. The summed E-state index contributed by atoms with van der Waals surface area (Å²) in [7, 11) is 0. The fourth-order valence-electron chi connectivity index (χ4n) is 2.20. The van der Waals surface area contributed by atoms with Crippen molar-refractivity contribution in [1.82, 2.24) is 5.32 Å². The molecule has 1 aromatic rings. The van der Waals surface area contributed by atoms with Gasteiger partial charge in [-0.1, -0.05) is 12.2 Å². The van der Waals surface area contributed by atoms with E-state index in [1.807, 2.05) is 6.07 Å². The van der Waals surface area contributed by atoms with E-state index in [9.17, 15) is 35.2 Å². The molecule has 6 N–H and O–H groups in total. The van der Waals surface area contributed by atoms with Gasteiger partial charge in [-0.05, 0) is 41.5 Å². The molecule has 0 saturated heterocycles. The molecule has 2 rings (SSSR count). The predicted octanol–water partition coefficient (Wildman–Crippen LogP) is 1.16. The molecule has 0 saturated carbocycles. The van der Waals surface area contributed by atoms with Crippen molar-refractivity contribution in [2.45, 2.75) is 12.2 Å². The van der Waals surface area contributed by atoms with Crippen LogP contribution in [0.4, 0.5) is 4.39 Å². The van der Waals surface area contributed by atoms with Gasteiger partial charge in [0.25, 0.3) is 0 Å². The number of aliphatic hydroxyl groups excluding tert-OH is 3. The summed E-state index contributed by atoms with van der Waals surface area (Å²) in [4.78, 5) is 0.00914. The van der Waals surface area contributed by atoms with Gasteiger partial charge in [0.05, 0.1) is 5.57 Å². The van der Waals surface area contributed by atoms with Crippen molar-refractivity contribution in [3.63, 3.8) is 0 Å². The number of thiocarbonyl (C=S) groups is 1. The standard InChI is InChI=1S/C17H15FN2O5S/c18-11-2-8(3-12(21)15(11)24)1-10(6-19)17(26)20-7-9-4-13(22)16(25)14(23)5-9/h1-5,13,16,21-25H,7H2,(H,20,26)/b10-1+. The Hall–Kier alpha value is -2.93. The molecule has 0 spiro atoms. The molecule has 1 aliphatic rings. The van der Waals surface area contributed by atoms with E-state index in [0.29, 0.717) is 5.57 Å². The van der Waals surface area contributed by atoms with E-state index >= 15 is 0 Å². The van der Waals surface area contributed by atoms with Gasteiger partial charge >= 0.3 is 0 Å². The van der Waals surface area contributed by atoms with Crippen LogP contribution in [0.1, 0.15) is 5.56 Å². The van der Waals surface area contributed by atoms with Gasteiger partial charge in [0.15, 0.2) is 17.3 Å². The van der Waals surface area contributed by atoms with Crippen molar-refractivity contribution in [2.24, 2.45) is 0 Å². The molecule has 2 atom stereocenters. The number of phenolic OH excluding ortho intramolecular Hbond substituents is 2. The monoisotopic (exact) mass is 378 g/mol. The molecule has 26 heavy (non-hydrogen) atoms. The second-order valence-electron chi connectivity index (χ2n) is 5.47. The van der Waals surface area contributed by atoms with E-state index < -0.39 is 35.3 Å². The Kier molecular flexibility index (Phi) is 5.94. The van der Waals surface area contributed by atoms with Crippen LogP contribution < -0.4 is 5.32 Å². The van der Waals surface area contributed by atoms with Crippen LogP contribution in [0, 0.1) is 17.1 Å². The molecule has 7 nitrogen and oxygen atoms in total. The third kappa shape index (κ3) is 4.37. The zero-order chi connectivity index (χ0) is 19.4. The lowest BCUT2D eigenvalue weighted by Gasteiger charge is -2.20. The Balaban J connectivity index is 2.13. The third-order valence-electron chi connectivity index (χ3n) is 3.54. The Morgan fingerprint density at radius 1 is 1.31 bits per heavy atom. The van der Waals surface area contributed by atoms with Crippen LogP contribution in [-0.4, -0.2) is 49.3 Å². The van der Waals surface area contributed by atoms with Crippen LogP contribution in [0.25, 0.3) is 6.08 Å². The first-order valence-corrected chi connectivity index (χ1v) is 7.72. The highest BCUT2D eigenvalue weighted by Gasteiger charge is 2.23. The molecule has 0 radical (unpaired) electrons. The van der Waals surface area contributed by atoms with Crippen molar-refractivity contribution in [3.05, 3.63) is 52.6 Å². The van der Waals surface area contributed by atoms with E-state index in [4.69, 9.17) is 12.2 Å². The zero-order valence-electron chi connectivity index (χ0n) is 13.2. The normalized spacial score (nSPS) is 20.0. The number of rotatable bonds is 4. The first-order chi connectivity index (χ1) is 12.2. The van der Waals surface area contributed by atoms with E-state index in [-0.39, 0.29) is 22.7 Å². The smallest absolute Gasteiger partial charge is 0.194 e. The van der Waals surface area contributed by atoms with Gasteiger partial charge in [-0.2, -0.15) is 5.26 Å². The van der Waals surface area contributed by atoms with Crippen LogP contribution >= 0.6 is 12.2 Å². The molecule has 0 fully saturated rings. The summed E-state index contributed by atoms with van der Waals surface area (Å²) in [5.41, 5.74) is 0.523. The minimum Gasteiger partial charge on any atom is -0.509 e. The fourth-order valence-corrected chi connectivity index (χ4v) is 2.38. The zero-order valence-corrected chi connectivity index (χ0v) is 14.0. The number of halogens is 1. The lowest BCUT2D eigenvalue weighted by atomic mass is 10.0. The fraction of sp³-hybridized carbons (Fsp3) is 0.176. The van der Waals surface area contributed by atoms with Crippen molar-refractivity contribution >= 4 is 23.3 Å². The molecule has 0 heterocycles. The number of aromatic hydroxyl groups is 2. The van der Waals surface area contributed by atoms with Gasteiger partial charge in [0.2, 0.25) is 0 Å². The molecule has 2 unspecified atom stereocenters. The molecule has 0 bridgehead atoms. The first kappa shape index (κ1) is 19.4. The van der Waals surface area contributed by atoms with E-state index in [1.165, 1.54) is 18.2 Å². The molecule has 0 aromatic heterocycles. The Morgan fingerprint density at radius 2 is 2.00 bits per heavy atom. The van der Waals surface area contributed by atoms with Gasteiger partial charge in [-0.15, -0.1) is 0 Å². The molecular formula is C17H15FN2O5S. The van der Waals surface area contributed by atoms with Crippen molar-refractivity contribution in [2.75, 3.05) is 6.54 Å². The molecule has 1 aromatic carbocycles. The second-order valence-corrected chi connectivity index (χ2v) is 5.88. The quantitative estimate of drug-likeness (QED) is 0.199. The summed E-state index contributed by atoms with van der Waals surface area (Å²) in [6, 6.07) is 3.83. The van der Waals surface area contributed by atoms with Gasteiger partial charge in [0.1, 0.15) is 29.0 Å². The summed E-state index contributed by atoms with van der Waals surface area (Å²) in [6.45, 7) is 0.0564. The average molecular weight is 378 g/mol. The molecule has 1 aliphatic carbocycles. The maximum atomic E-state index is 13.4. The lowest BCUT2D eigenvalue weighted by molar-refractivity contribution is 0.0424. The highest BCUT2D eigenvalue weighted by Crippen LogP contribution is 2.29. The highest BCUT2D eigenvalue weighted by atomic mass is 32.1. The predicted molar refractivity (Wildman–Crippen MR) is 94.7 cm³/mol. The Morgan fingerprint density at radius 3 is 2.58 bits per heavy atom. The number of hydrogen-bond donors (Lipinski definition) is 6.